The van der Waals surface area contributed by atoms with E-state index in [-0.39, 0.29) is 11.8 Å². The minimum Gasteiger partial charge on any atom is -0.468 e. The number of rotatable bonds is 1. The van der Waals surface area contributed by atoms with Gasteiger partial charge in [-0.2, -0.15) is 0 Å². The van der Waals surface area contributed by atoms with Crippen LogP contribution in [0.15, 0.2) is 0 Å². The van der Waals surface area contributed by atoms with Crippen molar-refractivity contribution in [1.82, 2.24) is 4.90 Å². The number of esters is 1. The lowest BCUT2D eigenvalue weighted by molar-refractivity contribution is -0.153. The fourth-order valence-corrected chi connectivity index (χ4v) is 2.52. The van der Waals surface area contributed by atoms with Crippen molar-refractivity contribution in [1.29, 1.82) is 0 Å². The molecule has 0 amide bonds. The van der Waals surface area contributed by atoms with E-state index in [1.165, 1.54) is 7.11 Å². The molecule has 78 valence electrons. The SMILES string of the molecule is COC(=O)C1C(=O)CCC2CCCN21. The van der Waals surface area contributed by atoms with Crippen LogP contribution < -0.4 is 0 Å². The highest BCUT2D eigenvalue weighted by Gasteiger charge is 2.43. The molecule has 4 heteroatoms. The molecule has 2 aliphatic rings. The maximum Gasteiger partial charge on any atom is 0.330 e. The maximum atomic E-state index is 11.6. The predicted octanol–water partition coefficient (Wildman–Crippen LogP) is 0.355. The van der Waals surface area contributed by atoms with Crippen LogP contribution in [0.25, 0.3) is 0 Å². The minimum absolute atomic E-state index is 0.0231. The van der Waals surface area contributed by atoms with E-state index < -0.39 is 6.04 Å². The van der Waals surface area contributed by atoms with Gasteiger partial charge in [0, 0.05) is 12.5 Å². The van der Waals surface area contributed by atoms with Crippen LogP contribution in [-0.4, -0.2) is 42.4 Å². The molecule has 2 heterocycles. The number of Topliss-reactive ketones (excluding diaryl/α,β-unsaturated/α-hetero) is 1. The van der Waals surface area contributed by atoms with Gasteiger partial charge in [0.05, 0.1) is 7.11 Å². The largest absolute Gasteiger partial charge is 0.468 e. The fraction of sp³-hybridized carbons (Fsp3) is 0.800. The Bertz CT molecular complexity index is 256. The zero-order valence-electron chi connectivity index (χ0n) is 8.36. The zero-order valence-corrected chi connectivity index (χ0v) is 8.36. The molecule has 0 aliphatic carbocycles. The van der Waals surface area contributed by atoms with Gasteiger partial charge in [0.15, 0.2) is 11.8 Å². The number of carbonyl (C=O) groups excluding carboxylic acids is 2. The van der Waals surface area contributed by atoms with Gasteiger partial charge in [-0.15, -0.1) is 0 Å². The van der Waals surface area contributed by atoms with E-state index in [4.69, 9.17) is 0 Å². The molecular formula is C10H15NO3. The Hall–Kier alpha value is -0.900. The zero-order chi connectivity index (χ0) is 10.1. The molecule has 0 aromatic carbocycles. The average molecular weight is 197 g/mol. The third-order valence-corrected chi connectivity index (χ3v) is 3.21. The lowest BCUT2D eigenvalue weighted by Crippen LogP contribution is -2.52. The smallest absolute Gasteiger partial charge is 0.330 e. The molecule has 0 aromatic heterocycles. The molecule has 14 heavy (non-hydrogen) atoms. The van der Waals surface area contributed by atoms with Crippen LogP contribution in [0.5, 0.6) is 0 Å². The molecule has 0 bridgehead atoms. The minimum atomic E-state index is -0.610. The van der Waals surface area contributed by atoms with Gasteiger partial charge in [-0.05, 0) is 25.8 Å². The van der Waals surface area contributed by atoms with Crippen LogP contribution in [0.3, 0.4) is 0 Å². The summed E-state index contributed by atoms with van der Waals surface area (Å²) in [6.07, 6.45) is 3.64. The van der Waals surface area contributed by atoms with Gasteiger partial charge in [0.1, 0.15) is 0 Å². The molecule has 0 radical (unpaired) electrons. The second-order valence-corrected chi connectivity index (χ2v) is 3.96. The predicted molar refractivity (Wildman–Crippen MR) is 49.8 cm³/mol. The molecule has 0 spiro atoms. The van der Waals surface area contributed by atoms with Crippen molar-refractivity contribution in [3.8, 4) is 0 Å². The van der Waals surface area contributed by atoms with Gasteiger partial charge in [0.2, 0.25) is 0 Å². The second-order valence-electron chi connectivity index (χ2n) is 3.96. The summed E-state index contributed by atoms with van der Waals surface area (Å²) in [6.45, 7) is 0.857. The number of fused-ring (bicyclic) bond motifs is 1. The summed E-state index contributed by atoms with van der Waals surface area (Å²) >= 11 is 0. The van der Waals surface area contributed by atoms with Crippen molar-refractivity contribution < 1.29 is 14.3 Å². The van der Waals surface area contributed by atoms with Crippen molar-refractivity contribution in [2.24, 2.45) is 0 Å². The van der Waals surface area contributed by atoms with E-state index in [1.807, 2.05) is 4.90 Å². The normalized spacial score (nSPS) is 32.8. The topological polar surface area (TPSA) is 46.6 Å². The Labute approximate surface area is 83.2 Å². The van der Waals surface area contributed by atoms with Crippen molar-refractivity contribution in [3.63, 3.8) is 0 Å². The van der Waals surface area contributed by atoms with Gasteiger partial charge in [-0.25, -0.2) is 4.79 Å². The first kappa shape index (κ1) is 9.65. The van der Waals surface area contributed by atoms with Crippen LogP contribution in [0.4, 0.5) is 0 Å². The molecule has 2 fully saturated rings. The first-order valence-electron chi connectivity index (χ1n) is 5.10. The molecule has 0 saturated carbocycles. The Morgan fingerprint density at radius 1 is 1.50 bits per heavy atom. The Morgan fingerprint density at radius 3 is 3.00 bits per heavy atom. The number of carbonyl (C=O) groups is 2. The third-order valence-electron chi connectivity index (χ3n) is 3.21. The van der Waals surface area contributed by atoms with Gasteiger partial charge in [-0.1, -0.05) is 0 Å². The molecule has 0 N–H and O–H groups in total. The van der Waals surface area contributed by atoms with Crippen LogP contribution in [-0.2, 0) is 14.3 Å². The van der Waals surface area contributed by atoms with Gasteiger partial charge in [-0.3, -0.25) is 9.69 Å². The van der Waals surface area contributed by atoms with Crippen molar-refractivity contribution >= 4 is 11.8 Å². The number of piperidine rings is 1. The maximum absolute atomic E-state index is 11.6. The van der Waals surface area contributed by atoms with E-state index in [2.05, 4.69) is 4.74 Å². The lowest BCUT2D eigenvalue weighted by Gasteiger charge is -2.34. The van der Waals surface area contributed by atoms with E-state index >= 15 is 0 Å². The molecular weight excluding hydrogens is 182 g/mol. The molecule has 2 saturated heterocycles. The Balaban J connectivity index is 2.17. The summed E-state index contributed by atoms with van der Waals surface area (Å²) in [5.74, 6) is -0.364. The van der Waals surface area contributed by atoms with Crippen molar-refractivity contribution in [2.45, 2.75) is 37.8 Å². The summed E-state index contributed by atoms with van der Waals surface area (Å²) in [4.78, 5) is 25.0. The van der Waals surface area contributed by atoms with Crippen LogP contribution in [0, 0.1) is 0 Å². The summed E-state index contributed by atoms with van der Waals surface area (Å²) in [5.41, 5.74) is 0. The number of methoxy groups -OCH3 is 1. The molecule has 0 aromatic rings. The molecule has 2 rings (SSSR count). The number of hydrogen-bond donors (Lipinski definition) is 0. The van der Waals surface area contributed by atoms with Gasteiger partial charge >= 0.3 is 5.97 Å². The van der Waals surface area contributed by atoms with E-state index in [9.17, 15) is 9.59 Å². The van der Waals surface area contributed by atoms with Crippen LogP contribution in [0.1, 0.15) is 25.7 Å². The number of nitrogens with zero attached hydrogens (tertiary/aromatic N) is 1. The average Bonchev–Trinajstić information content (AvgIpc) is 2.64. The molecule has 2 atom stereocenters. The highest BCUT2D eigenvalue weighted by molar-refractivity contribution is 6.03. The summed E-state index contributed by atoms with van der Waals surface area (Å²) in [5, 5.41) is 0. The van der Waals surface area contributed by atoms with Crippen LogP contribution >= 0.6 is 0 Å². The summed E-state index contributed by atoms with van der Waals surface area (Å²) in [6, 6.07) is -0.182. The molecule has 4 nitrogen and oxygen atoms in total. The summed E-state index contributed by atoms with van der Waals surface area (Å²) in [7, 11) is 1.34. The van der Waals surface area contributed by atoms with E-state index in [1.54, 1.807) is 0 Å². The number of ether oxygens (including phenoxy) is 1. The van der Waals surface area contributed by atoms with Gasteiger partial charge in [0.25, 0.3) is 0 Å². The highest BCUT2D eigenvalue weighted by Crippen LogP contribution is 2.29. The Kier molecular flexibility index (Phi) is 2.54. The van der Waals surface area contributed by atoms with Crippen molar-refractivity contribution in [2.75, 3.05) is 13.7 Å². The third kappa shape index (κ3) is 1.43. The first-order chi connectivity index (χ1) is 6.74. The molecule has 2 aliphatic heterocycles. The quantitative estimate of drug-likeness (QED) is 0.449. The lowest BCUT2D eigenvalue weighted by atomic mass is 9.95. The van der Waals surface area contributed by atoms with Crippen LogP contribution in [0.2, 0.25) is 0 Å². The number of hydrogen-bond acceptors (Lipinski definition) is 4. The number of ketones is 1. The highest BCUT2D eigenvalue weighted by atomic mass is 16.5. The van der Waals surface area contributed by atoms with E-state index in [0.29, 0.717) is 12.5 Å². The summed E-state index contributed by atoms with van der Waals surface area (Å²) < 4.78 is 4.67. The monoisotopic (exact) mass is 197 g/mol. The standard InChI is InChI=1S/C10H15NO3/c1-14-10(13)9-8(12)5-4-7-3-2-6-11(7)9/h7,9H,2-6H2,1H3. The molecule has 2 unspecified atom stereocenters. The Morgan fingerprint density at radius 2 is 2.29 bits per heavy atom. The second kappa shape index (κ2) is 3.69. The van der Waals surface area contributed by atoms with E-state index in [0.717, 1.165) is 25.8 Å². The fourth-order valence-electron chi connectivity index (χ4n) is 2.52. The first-order valence-corrected chi connectivity index (χ1v) is 5.10. The van der Waals surface area contributed by atoms with Crippen molar-refractivity contribution in [3.05, 3.63) is 0 Å². The van der Waals surface area contributed by atoms with Gasteiger partial charge < -0.3 is 4.74 Å².